The van der Waals surface area contributed by atoms with Crippen molar-refractivity contribution in [2.75, 3.05) is 0 Å². The molecule has 2 aliphatic rings. The van der Waals surface area contributed by atoms with Crippen LogP contribution in [-0.2, 0) is 4.79 Å². The molecule has 1 heteroatoms. The van der Waals surface area contributed by atoms with E-state index in [4.69, 9.17) is 0 Å². The topological polar surface area (TPSA) is 17.1 Å². The van der Waals surface area contributed by atoms with Crippen LogP contribution in [0.3, 0.4) is 0 Å². The van der Waals surface area contributed by atoms with Crippen molar-refractivity contribution in [2.24, 2.45) is 17.3 Å². The summed E-state index contributed by atoms with van der Waals surface area (Å²) in [5, 5.41) is 0. The van der Waals surface area contributed by atoms with E-state index in [1.807, 2.05) is 0 Å². The summed E-state index contributed by atoms with van der Waals surface area (Å²) in [5.41, 5.74) is -0.0145. The second-order valence-corrected chi connectivity index (χ2v) is 3.81. The average Bonchev–Trinajstić information content (AvgIpc) is 2.46. The van der Waals surface area contributed by atoms with Crippen molar-refractivity contribution in [3.05, 3.63) is 12.2 Å². The molecule has 3 atom stereocenters. The lowest BCUT2D eigenvalue weighted by Gasteiger charge is -2.23. The highest BCUT2D eigenvalue weighted by Crippen LogP contribution is 2.50. The van der Waals surface area contributed by atoms with E-state index < -0.39 is 0 Å². The normalized spacial score (nSPS) is 50.1. The van der Waals surface area contributed by atoms with Crippen LogP contribution in [-0.4, -0.2) is 6.29 Å². The molecule has 0 radical (unpaired) electrons. The lowest BCUT2D eigenvalue weighted by atomic mass is 9.79. The van der Waals surface area contributed by atoms with Crippen LogP contribution in [0.2, 0.25) is 0 Å². The molecule has 2 rings (SSSR count). The molecule has 0 aromatic rings. The van der Waals surface area contributed by atoms with Crippen LogP contribution >= 0.6 is 0 Å². The molecule has 0 aliphatic heterocycles. The lowest BCUT2D eigenvalue weighted by molar-refractivity contribution is -0.116. The molecule has 0 aromatic heterocycles. The van der Waals surface area contributed by atoms with Gasteiger partial charge in [-0.05, 0) is 24.7 Å². The Bertz CT molecular complexity index is 195. The first-order valence-electron chi connectivity index (χ1n) is 3.89. The molecular formula is C9H12O. The maximum Gasteiger partial charge on any atom is 0.126 e. The van der Waals surface area contributed by atoms with Crippen LogP contribution in [0.5, 0.6) is 0 Å². The number of carbonyl (C=O) groups is 1. The smallest absolute Gasteiger partial charge is 0.126 e. The molecule has 2 bridgehead atoms. The molecule has 0 N–H and O–H groups in total. The summed E-state index contributed by atoms with van der Waals surface area (Å²) in [6.07, 6.45) is 7.91. The lowest BCUT2D eigenvalue weighted by Crippen LogP contribution is -2.22. The molecule has 54 valence electrons. The minimum Gasteiger partial charge on any atom is -0.303 e. The van der Waals surface area contributed by atoms with Crippen molar-refractivity contribution < 1.29 is 4.79 Å². The van der Waals surface area contributed by atoms with Gasteiger partial charge in [0.1, 0.15) is 6.29 Å². The van der Waals surface area contributed by atoms with Gasteiger partial charge in [-0.25, -0.2) is 0 Å². The number of hydrogen-bond acceptors (Lipinski definition) is 1. The molecule has 1 saturated carbocycles. The van der Waals surface area contributed by atoms with Gasteiger partial charge in [-0.15, -0.1) is 0 Å². The van der Waals surface area contributed by atoms with Crippen molar-refractivity contribution in [3.8, 4) is 0 Å². The van der Waals surface area contributed by atoms with Crippen molar-refractivity contribution in [2.45, 2.75) is 19.8 Å². The van der Waals surface area contributed by atoms with Gasteiger partial charge in [0, 0.05) is 5.41 Å². The monoisotopic (exact) mass is 136 g/mol. The van der Waals surface area contributed by atoms with E-state index in [2.05, 4.69) is 19.1 Å². The van der Waals surface area contributed by atoms with Gasteiger partial charge in [-0.1, -0.05) is 19.1 Å². The van der Waals surface area contributed by atoms with E-state index in [9.17, 15) is 4.79 Å². The number of carbonyl (C=O) groups excluding carboxylic acids is 1. The molecular weight excluding hydrogens is 124 g/mol. The Morgan fingerprint density at radius 3 is 2.70 bits per heavy atom. The third-order valence-electron chi connectivity index (χ3n) is 2.99. The molecule has 0 amide bonds. The fourth-order valence-corrected chi connectivity index (χ4v) is 2.27. The standard InChI is InChI=1S/C9H12O/c1-9(6-10)5-7-2-3-8(9)4-7/h2-3,6-8H,4-5H2,1H3/t7-,8-,9+/m1/s1. The van der Waals surface area contributed by atoms with Crippen molar-refractivity contribution in [1.82, 2.24) is 0 Å². The molecule has 0 spiro atoms. The maximum absolute atomic E-state index is 10.7. The molecule has 0 heterocycles. The largest absolute Gasteiger partial charge is 0.303 e. The highest BCUT2D eigenvalue weighted by atomic mass is 16.1. The zero-order valence-electron chi connectivity index (χ0n) is 6.21. The predicted octanol–water partition coefficient (Wildman–Crippen LogP) is 1.79. The average molecular weight is 136 g/mol. The Kier molecular flexibility index (Phi) is 1.05. The van der Waals surface area contributed by atoms with Crippen LogP contribution in [0, 0.1) is 17.3 Å². The summed E-state index contributed by atoms with van der Waals surface area (Å²) in [4.78, 5) is 10.7. The zero-order chi connectivity index (χ0) is 7.19. The molecule has 2 aliphatic carbocycles. The van der Waals surface area contributed by atoms with E-state index in [1.54, 1.807) is 0 Å². The summed E-state index contributed by atoms with van der Waals surface area (Å²) in [7, 11) is 0. The summed E-state index contributed by atoms with van der Waals surface area (Å²) in [6.45, 7) is 2.08. The summed E-state index contributed by atoms with van der Waals surface area (Å²) < 4.78 is 0. The van der Waals surface area contributed by atoms with E-state index in [-0.39, 0.29) is 5.41 Å². The molecule has 0 unspecified atom stereocenters. The first-order chi connectivity index (χ1) is 4.74. The Labute approximate surface area is 61.1 Å². The Morgan fingerprint density at radius 2 is 2.40 bits per heavy atom. The van der Waals surface area contributed by atoms with Gasteiger partial charge < -0.3 is 4.79 Å². The molecule has 10 heavy (non-hydrogen) atoms. The first kappa shape index (κ1) is 6.14. The third-order valence-corrected chi connectivity index (χ3v) is 2.99. The van der Waals surface area contributed by atoms with Gasteiger partial charge in [0.25, 0.3) is 0 Å². The van der Waals surface area contributed by atoms with E-state index >= 15 is 0 Å². The van der Waals surface area contributed by atoms with Gasteiger partial charge in [-0.2, -0.15) is 0 Å². The predicted molar refractivity (Wildman–Crippen MR) is 39.5 cm³/mol. The molecule has 0 saturated heterocycles. The van der Waals surface area contributed by atoms with E-state index in [0.29, 0.717) is 11.8 Å². The molecule has 0 aromatic carbocycles. The van der Waals surface area contributed by atoms with Crippen molar-refractivity contribution >= 4 is 6.29 Å². The first-order valence-corrected chi connectivity index (χ1v) is 3.89. The van der Waals surface area contributed by atoms with Crippen LogP contribution < -0.4 is 0 Å². The van der Waals surface area contributed by atoms with Gasteiger partial charge in [-0.3, -0.25) is 0 Å². The summed E-state index contributed by atoms with van der Waals surface area (Å²) in [5.74, 6) is 1.26. The number of aldehydes is 1. The minimum atomic E-state index is -0.0145. The van der Waals surface area contributed by atoms with Crippen LogP contribution in [0.25, 0.3) is 0 Å². The molecule has 1 nitrogen and oxygen atoms in total. The number of hydrogen-bond donors (Lipinski definition) is 0. The van der Waals surface area contributed by atoms with Gasteiger partial charge in [0.05, 0.1) is 0 Å². The maximum atomic E-state index is 10.7. The Balaban J connectivity index is 2.30. The third kappa shape index (κ3) is 0.606. The van der Waals surface area contributed by atoms with E-state index in [0.717, 1.165) is 12.7 Å². The summed E-state index contributed by atoms with van der Waals surface area (Å²) >= 11 is 0. The van der Waals surface area contributed by atoms with Crippen molar-refractivity contribution in [1.29, 1.82) is 0 Å². The van der Waals surface area contributed by atoms with E-state index in [1.165, 1.54) is 6.42 Å². The van der Waals surface area contributed by atoms with Crippen LogP contribution in [0.4, 0.5) is 0 Å². The van der Waals surface area contributed by atoms with Gasteiger partial charge in [0.15, 0.2) is 0 Å². The fourth-order valence-electron chi connectivity index (χ4n) is 2.27. The van der Waals surface area contributed by atoms with Gasteiger partial charge >= 0.3 is 0 Å². The second-order valence-electron chi connectivity index (χ2n) is 3.81. The zero-order valence-corrected chi connectivity index (χ0v) is 6.21. The number of fused-ring (bicyclic) bond motifs is 2. The fraction of sp³-hybridized carbons (Fsp3) is 0.667. The molecule has 1 fully saturated rings. The minimum absolute atomic E-state index is 0.0145. The van der Waals surface area contributed by atoms with Gasteiger partial charge in [0.2, 0.25) is 0 Å². The van der Waals surface area contributed by atoms with Crippen molar-refractivity contribution in [3.63, 3.8) is 0 Å². The highest BCUT2D eigenvalue weighted by molar-refractivity contribution is 5.61. The second kappa shape index (κ2) is 1.71. The van der Waals surface area contributed by atoms with Crippen LogP contribution in [0.15, 0.2) is 12.2 Å². The number of rotatable bonds is 1. The quantitative estimate of drug-likeness (QED) is 0.396. The SMILES string of the molecule is C[C@@]1(C=O)C[C@@H]2C=C[C@@H]1C2. The Hall–Kier alpha value is -0.590. The van der Waals surface area contributed by atoms with Crippen LogP contribution in [0.1, 0.15) is 19.8 Å². The Morgan fingerprint density at radius 1 is 1.60 bits per heavy atom. The highest BCUT2D eigenvalue weighted by Gasteiger charge is 2.44. The summed E-state index contributed by atoms with van der Waals surface area (Å²) in [6, 6.07) is 0. The number of allylic oxidation sites excluding steroid dienone is 2.